The molecule has 2 bridgehead atoms. The third-order valence-corrected chi connectivity index (χ3v) is 9.61. The molecule has 9 heteroatoms. The lowest BCUT2D eigenvalue weighted by Gasteiger charge is -2.61. The zero-order valence-corrected chi connectivity index (χ0v) is 24.0. The van der Waals surface area contributed by atoms with Crippen LogP contribution in [0.25, 0.3) is 0 Å². The van der Waals surface area contributed by atoms with Gasteiger partial charge in [0.15, 0.2) is 12.2 Å². The van der Waals surface area contributed by atoms with Gasteiger partial charge in [-0.05, 0) is 48.1 Å². The Hall–Kier alpha value is -3.01. The number of benzene rings is 1. The molecule has 2 saturated carbocycles. The largest absolute Gasteiger partial charge is 0.458 e. The van der Waals surface area contributed by atoms with E-state index in [0.717, 1.165) is 0 Å². The second-order valence-corrected chi connectivity index (χ2v) is 12.2. The van der Waals surface area contributed by atoms with E-state index < -0.39 is 70.8 Å². The van der Waals surface area contributed by atoms with E-state index in [4.69, 9.17) is 14.2 Å². The SMILES string of the molecule is C=C1[C@H]2C[C@]3(O)C[C@H](O)C(C)=C([C@@H](OC(C)=O)[C@H](OC(C)=O)[C@]2(C)[C@@H](OC(=O)c2ccccc2)C[C@@H]1O)C3(C)C. The van der Waals surface area contributed by atoms with Crippen molar-refractivity contribution >= 4 is 17.9 Å². The summed E-state index contributed by atoms with van der Waals surface area (Å²) in [5.41, 5.74) is -2.26. The van der Waals surface area contributed by atoms with Gasteiger partial charge in [-0.25, -0.2) is 4.79 Å². The lowest BCUT2D eigenvalue weighted by Crippen LogP contribution is -2.67. The second kappa shape index (κ2) is 10.4. The first-order chi connectivity index (χ1) is 18.5. The van der Waals surface area contributed by atoms with Gasteiger partial charge in [0.2, 0.25) is 0 Å². The molecule has 0 aromatic heterocycles. The summed E-state index contributed by atoms with van der Waals surface area (Å²) in [5, 5.41) is 34.5. The summed E-state index contributed by atoms with van der Waals surface area (Å²) in [4.78, 5) is 38.5. The number of hydrogen-bond acceptors (Lipinski definition) is 9. The molecule has 0 spiro atoms. The Balaban J connectivity index is 1.99. The minimum atomic E-state index is -1.54. The van der Waals surface area contributed by atoms with E-state index in [0.29, 0.717) is 22.3 Å². The first kappa shape index (κ1) is 30.0. The quantitative estimate of drug-likeness (QED) is 0.290. The van der Waals surface area contributed by atoms with Crippen molar-refractivity contribution in [2.75, 3.05) is 0 Å². The number of esters is 3. The Labute approximate surface area is 234 Å². The smallest absolute Gasteiger partial charge is 0.338 e. The molecule has 218 valence electrons. The molecule has 4 rings (SSSR count). The van der Waals surface area contributed by atoms with Crippen LogP contribution in [0.15, 0.2) is 53.6 Å². The highest BCUT2D eigenvalue weighted by atomic mass is 16.6. The van der Waals surface area contributed by atoms with Crippen molar-refractivity contribution in [3.05, 3.63) is 59.2 Å². The average Bonchev–Trinajstić information content (AvgIpc) is 2.86. The third-order valence-electron chi connectivity index (χ3n) is 9.61. The minimum absolute atomic E-state index is 0.00914. The standard InChI is InChI=1S/C31H40O9/c1-16-21-14-31(37)15-23(35)17(2)25(29(31,5)6)26(38-18(3)32)27(39-19(4)33)30(21,7)24(13-22(16)34)40-28(36)20-11-9-8-10-12-20/h8-12,21-24,26-27,34-35,37H,1,13-15H2,2-7H3/t21-,22+,23+,24+,26-,27+,30+,31+/m1/s1. The van der Waals surface area contributed by atoms with E-state index in [1.807, 2.05) is 0 Å². The Morgan fingerprint density at radius 1 is 0.925 bits per heavy atom. The fourth-order valence-electron chi connectivity index (χ4n) is 7.20. The Morgan fingerprint density at radius 3 is 2.10 bits per heavy atom. The molecule has 0 saturated heterocycles. The van der Waals surface area contributed by atoms with E-state index in [-0.39, 0.29) is 19.3 Å². The van der Waals surface area contributed by atoms with Crippen LogP contribution in [0.3, 0.4) is 0 Å². The van der Waals surface area contributed by atoms with Gasteiger partial charge in [0.1, 0.15) is 6.10 Å². The third kappa shape index (κ3) is 4.78. The van der Waals surface area contributed by atoms with Crippen LogP contribution < -0.4 is 0 Å². The fraction of sp³-hybridized carbons (Fsp3) is 0.581. The Bertz CT molecular complexity index is 1230. The normalized spacial score (nSPS) is 37.0. The monoisotopic (exact) mass is 556 g/mol. The summed E-state index contributed by atoms with van der Waals surface area (Å²) < 4.78 is 18.0. The molecule has 2 fully saturated rings. The van der Waals surface area contributed by atoms with Gasteiger partial charge in [-0.3, -0.25) is 9.59 Å². The summed E-state index contributed by atoms with van der Waals surface area (Å²) in [7, 11) is 0. The lowest BCUT2D eigenvalue weighted by molar-refractivity contribution is -0.217. The van der Waals surface area contributed by atoms with Gasteiger partial charge in [-0.2, -0.15) is 0 Å². The summed E-state index contributed by atoms with van der Waals surface area (Å²) in [6.07, 6.45) is -5.64. The molecule has 0 unspecified atom stereocenters. The number of aliphatic hydroxyl groups is 3. The Morgan fingerprint density at radius 2 is 1.52 bits per heavy atom. The maximum Gasteiger partial charge on any atom is 0.338 e. The van der Waals surface area contributed by atoms with Crippen LogP contribution in [0.5, 0.6) is 0 Å². The van der Waals surface area contributed by atoms with Gasteiger partial charge in [0.25, 0.3) is 0 Å². The van der Waals surface area contributed by atoms with E-state index in [1.165, 1.54) is 13.8 Å². The molecule has 40 heavy (non-hydrogen) atoms. The van der Waals surface area contributed by atoms with Crippen LogP contribution in [0, 0.1) is 16.7 Å². The molecular weight excluding hydrogens is 516 g/mol. The van der Waals surface area contributed by atoms with Crippen molar-refractivity contribution in [2.45, 2.75) is 96.9 Å². The van der Waals surface area contributed by atoms with Crippen LogP contribution in [0.4, 0.5) is 0 Å². The number of carbonyl (C=O) groups is 3. The second-order valence-electron chi connectivity index (χ2n) is 12.2. The predicted octanol–water partition coefficient (Wildman–Crippen LogP) is 3.26. The Kier molecular flexibility index (Phi) is 7.81. The van der Waals surface area contributed by atoms with Crippen LogP contribution in [-0.4, -0.2) is 69.3 Å². The molecular formula is C31H40O9. The average molecular weight is 557 g/mol. The van der Waals surface area contributed by atoms with E-state index in [9.17, 15) is 29.7 Å². The predicted molar refractivity (Wildman–Crippen MR) is 145 cm³/mol. The van der Waals surface area contributed by atoms with E-state index in [1.54, 1.807) is 58.0 Å². The van der Waals surface area contributed by atoms with Crippen molar-refractivity contribution in [3.63, 3.8) is 0 Å². The van der Waals surface area contributed by atoms with Gasteiger partial charge >= 0.3 is 17.9 Å². The molecule has 8 atom stereocenters. The van der Waals surface area contributed by atoms with Crippen LogP contribution in [-0.2, 0) is 23.8 Å². The molecule has 0 amide bonds. The van der Waals surface area contributed by atoms with Gasteiger partial charge < -0.3 is 29.5 Å². The number of rotatable bonds is 4. The zero-order chi connectivity index (χ0) is 29.8. The van der Waals surface area contributed by atoms with Crippen molar-refractivity contribution in [1.82, 2.24) is 0 Å². The molecule has 9 nitrogen and oxygen atoms in total. The van der Waals surface area contributed by atoms with Gasteiger partial charge in [-0.1, -0.05) is 45.5 Å². The van der Waals surface area contributed by atoms with Crippen molar-refractivity contribution < 1.29 is 43.9 Å². The van der Waals surface area contributed by atoms with E-state index >= 15 is 0 Å². The number of hydrogen-bond donors (Lipinski definition) is 3. The molecule has 0 aliphatic heterocycles. The number of fused-ring (bicyclic) bond motifs is 3. The van der Waals surface area contributed by atoms with Crippen LogP contribution >= 0.6 is 0 Å². The van der Waals surface area contributed by atoms with Crippen LogP contribution in [0.1, 0.15) is 71.2 Å². The van der Waals surface area contributed by atoms with Crippen LogP contribution in [0.2, 0.25) is 0 Å². The summed E-state index contributed by atoms with van der Waals surface area (Å²) in [6, 6.07) is 8.38. The van der Waals surface area contributed by atoms with Crippen molar-refractivity contribution in [3.8, 4) is 0 Å². The first-order valence-electron chi connectivity index (χ1n) is 13.6. The topological polar surface area (TPSA) is 140 Å². The number of aliphatic hydroxyl groups excluding tert-OH is 2. The highest BCUT2D eigenvalue weighted by Gasteiger charge is 2.67. The van der Waals surface area contributed by atoms with Gasteiger partial charge in [-0.15, -0.1) is 0 Å². The minimum Gasteiger partial charge on any atom is -0.458 e. The lowest BCUT2D eigenvalue weighted by atomic mass is 9.48. The van der Waals surface area contributed by atoms with Crippen molar-refractivity contribution in [1.29, 1.82) is 0 Å². The van der Waals surface area contributed by atoms with Gasteiger partial charge in [0.05, 0.1) is 28.8 Å². The summed E-state index contributed by atoms with van der Waals surface area (Å²) >= 11 is 0. The van der Waals surface area contributed by atoms with Crippen molar-refractivity contribution in [2.24, 2.45) is 16.7 Å². The molecule has 3 aliphatic carbocycles. The highest BCUT2D eigenvalue weighted by Crippen LogP contribution is 2.61. The highest BCUT2D eigenvalue weighted by molar-refractivity contribution is 5.89. The number of ether oxygens (including phenoxy) is 3. The molecule has 1 aromatic rings. The summed E-state index contributed by atoms with van der Waals surface area (Å²) in [6.45, 7) is 13.7. The van der Waals surface area contributed by atoms with Gasteiger partial charge in [0, 0.05) is 32.1 Å². The fourth-order valence-corrected chi connectivity index (χ4v) is 7.20. The zero-order valence-electron chi connectivity index (χ0n) is 24.0. The molecule has 3 aliphatic rings. The maximum absolute atomic E-state index is 13.3. The molecule has 3 N–H and O–H groups in total. The maximum atomic E-state index is 13.3. The first-order valence-corrected chi connectivity index (χ1v) is 13.6. The molecule has 0 radical (unpaired) electrons. The molecule has 1 aromatic carbocycles. The number of carbonyl (C=O) groups excluding carboxylic acids is 3. The molecule has 0 heterocycles. The summed E-state index contributed by atoms with van der Waals surface area (Å²) in [5.74, 6) is -2.71. The van der Waals surface area contributed by atoms with E-state index in [2.05, 4.69) is 6.58 Å².